The Kier molecular flexibility index (Phi) is 4.91. The van der Waals surface area contributed by atoms with Crippen LogP contribution < -0.4 is 4.74 Å². The quantitative estimate of drug-likeness (QED) is 0.911. The zero-order valence-corrected chi connectivity index (χ0v) is 11.7. The minimum Gasteiger partial charge on any atom is -0.489 e. The van der Waals surface area contributed by atoms with Crippen molar-refractivity contribution >= 4 is 0 Å². The Morgan fingerprint density at radius 1 is 1.24 bits per heavy atom. The number of aliphatic hydroxyl groups is 1. The zero-order chi connectivity index (χ0) is 15.2. The van der Waals surface area contributed by atoms with Crippen LogP contribution >= 0.6 is 0 Å². The van der Waals surface area contributed by atoms with Crippen molar-refractivity contribution in [1.29, 1.82) is 5.26 Å². The first-order valence-corrected chi connectivity index (χ1v) is 6.73. The van der Waals surface area contributed by atoms with E-state index in [4.69, 9.17) is 10.00 Å². The van der Waals surface area contributed by atoms with Gasteiger partial charge in [0.15, 0.2) is 0 Å². The van der Waals surface area contributed by atoms with E-state index in [2.05, 4.69) is 0 Å². The van der Waals surface area contributed by atoms with Gasteiger partial charge in [0, 0.05) is 5.56 Å². The predicted molar refractivity (Wildman–Crippen MR) is 77.1 cm³/mol. The number of hydrogen-bond donors (Lipinski definition) is 1. The number of nitriles is 1. The summed E-state index contributed by atoms with van der Waals surface area (Å²) in [6, 6.07) is 13.1. The van der Waals surface area contributed by atoms with E-state index in [0.717, 1.165) is 5.56 Å². The molecule has 0 fully saturated rings. The predicted octanol–water partition coefficient (Wildman–Crippen LogP) is 3.72. The van der Waals surface area contributed by atoms with E-state index in [1.54, 1.807) is 24.3 Å². The highest BCUT2D eigenvalue weighted by molar-refractivity contribution is 5.38. The van der Waals surface area contributed by atoms with Gasteiger partial charge in [0.25, 0.3) is 0 Å². The fraction of sp³-hybridized carbons (Fsp3) is 0.235. The Balaban J connectivity index is 2.07. The van der Waals surface area contributed by atoms with Gasteiger partial charge >= 0.3 is 0 Å². The maximum absolute atomic E-state index is 13.2. The Labute approximate surface area is 123 Å². The van der Waals surface area contributed by atoms with Crippen LogP contribution in [-0.4, -0.2) is 5.11 Å². The molecule has 108 valence electrons. The molecule has 0 spiro atoms. The topological polar surface area (TPSA) is 53.2 Å². The number of hydrogen-bond acceptors (Lipinski definition) is 3. The first-order valence-electron chi connectivity index (χ1n) is 6.73. The molecule has 0 aliphatic heterocycles. The van der Waals surface area contributed by atoms with Crippen LogP contribution in [0, 0.1) is 17.1 Å². The number of rotatable bonds is 5. The molecule has 0 unspecified atom stereocenters. The van der Waals surface area contributed by atoms with Gasteiger partial charge in [-0.1, -0.05) is 19.1 Å². The summed E-state index contributed by atoms with van der Waals surface area (Å²) in [5.74, 6) is 0.212. The number of ether oxygens (including phenoxy) is 1. The van der Waals surface area contributed by atoms with Gasteiger partial charge in [-0.25, -0.2) is 4.39 Å². The third-order valence-electron chi connectivity index (χ3n) is 3.23. The molecule has 1 N–H and O–H groups in total. The second-order valence-corrected chi connectivity index (χ2v) is 4.70. The maximum atomic E-state index is 13.2. The van der Waals surface area contributed by atoms with Crippen molar-refractivity contribution in [3.8, 4) is 11.8 Å². The van der Waals surface area contributed by atoms with Crippen molar-refractivity contribution in [2.75, 3.05) is 0 Å². The number of nitrogens with zero attached hydrogens (tertiary/aromatic N) is 1. The Hall–Kier alpha value is -2.38. The highest BCUT2D eigenvalue weighted by Gasteiger charge is 2.07. The first kappa shape index (κ1) is 15.0. The van der Waals surface area contributed by atoms with E-state index < -0.39 is 11.9 Å². The van der Waals surface area contributed by atoms with Crippen molar-refractivity contribution in [1.82, 2.24) is 0 Å². The summed E-state index contributed by atoms with van der Waals surface area (Å²) in [6.45, 7) is 2.03. The van der Waals surface area contributed by atoms with Gasteiger partial charge in [0.05, 0.1) is 17.7 Å². The third kappa shape index (κ3) is 3.80. The van der Waals surface area contributed by atoms with Gasteiger partial charge in [-0.15, -0.1) is 0 Å². The molecule has 0 radical (unpaired) electrons. The molecule has 0 amide bonds. The highest BCUT2D eigenvalue weighted by Crippen LogP contribution is 2.21. The summed E-state index contributed by atoms with van der Waals surface area (Å²) >= 11 is 0. The number of halogens is 1. The Morgan fingerprint density at radius 2 is 1.95 bits per heavy atom. The summed E-state index contributed by atoms with van der Waals surface area (Å²) in [7, 11) is 0. The van der Waals surface area contributed by atoms with Crippen molar-refractivity contribution in [2.45, 2.75) is 26.1 Å². The highest BCUT2D eigenvalue weighted by atomic mass is 19.1. The average Bonchev–Trinajstić information content (AvgIpc) is 2.52. The van der Waals surface area contributed by atoms with Gasteiger partial charge < -0.3 is 9.84 Å². The van der Waals surface area contributed by atoms with E-state index >= 15 is 0 Å². The molecule has 21 heavy (non-hydrogen) atoms. The molecular formula is C17H16FNO2. The second-order valence-electron chi connectivity index (χ2n) is 4.70. The van der Waals surface area contributed by atoms with Crippen LogP contribution in [0.5, 0.6) is 5.75 Å². The van der Waals surface area contributed by atoms with Crippen molar-refractivity contribution in [2.24, 2.45) is 0 Å². The SMILES string of the molecule is CC[C@H](O)c1ccc(OCc2cc(F)ccc2C#N)cc1. The van der Waals surface area contributed by atoms with Crippen LogP contribution in [0.1, 0.15) is 36.1 Å². The summed E-state index contributed by atoms with van der Waals surface area (Å²) in [5.41, 5.74) is 1.73. The monoisotopic (exact) mass is 285 g/mol. The van der Waals surface area contributed by atoms with E-state index in [9.17, 15) is 9.50 Å². The van der Waals surface area contributed by atoms with E-state index in [-0.39, 0.29) is 6.61 Å². The lowest BCUT2D eigenvalue weighted by molar-refractivity contribution is 0.173. The summed E-state index contributed by atoms with van der Waals surface area (Å²) in [6.07, 6.45) is 0.169. The van der Waals surface area contributed by atoms with Crippen LogP contribution in [0.4, 0.5) is 4.39 Å². The molecule has 2 rings (SSSR count). The molecule has 2 aromatic carbocycles. The Bertz CT molecular complexity index is 647. The molecule has 1 atom stereocenters. The van der Waals surface area contributed by atoms with Crippen LogP contribution in [0.3, 0.4) is 0 Å². The van der Waals surface area contributed by atoms with Crippen LogP contribution in [0.25, 0.3) is 0 Å². The van der Waals surface area contributed by atoms with Gasteiger partial charge in [-0.3, -0.25) is 0 Å². The van der Waals surface area contributed by atoms with Crippen LogP contribution in [0.15, 0.2) is 42.5 Å². The van der Waals surface area contributed by atoms with Crippen LogP contribution in [-0.2, 0) is 6.61 Å². The standard InChI is InChI=1S/C17H16FNO2/c1-2-17(20)12-4-7-16(8-5-12)21-11-14-9-15(18)6-3-13(14)10-19/h3-9,17,20H,2,11H2,1H3/t17-/m0/s1. The molecule has 0 heterocycles. The largest absolute Gasteiger partial charge is 0.489 e. The van der Waals surface area contributed by atoms with E-state index in [1.165, 1.54) is 18.2 Å². The van der Waals surface area contributed by atoms with Crippen LogP contribution in [0.2, 0.25) is 0 Å². The normalized spacial score (nSPS) is 11.7. The molecule has 4 heteroatoms. The van der Waals surface area contributed by atoms with Crippen molar-refractivity contribution in [3.05, 3.63) is 65.0 Å². The van der Waals surface area contributed by atoms with Gasteiger partial charge in [0.2, 0.25) is 0 Å². The lowest BCUT2D eigenvalue weighted by Gasteiger charge is -2.11. The smallest absolute Gasteiger partial charge is 0.123 e. The molecular weight excluding hydrogens is 269 g/mol. The molecule has 0 bridgehead atoms. The maximum Gasteiger partial charge on any atom is 0.123 e. The average molecular weight is 285 g/mol. The second kappa shape index (κ2) is 6.87. The van der Waals surface area contributed by atoms with E-state index in [0.29, 0.717) is 23.3 Å². The molecule has 0 saturated carbocycles. The number of benzene rings is 2. The summed E-state index contributed by atoms with van der Waals surface area (Å²) in [5, 5.41) is 18.7. The zero-order valence-electron chi connectivity index (χ0n) is 11.7. The molecule has 3 nitrogen and oxygen atoms in total. The lowest BCUT2D eigenvalue weighted by Crippen LogP contribution is -2.00. The van der Waals surface area contributed by atoms with Crippen molar-refractivity contribution in [3.63, 3.8) is 0 Å². The fourth-order valence-electron chi connectivity index (χ4n) is 1.97. The third-order valence-corrected chi connectivity index (χ3v) is 3.23. The number of aliphatic hydroxyl groups excluding tert-OH is 1. The lowest BCUT2D eigenvalue weighted by atomic mass is 10.1. The Morgan fingerprint density at radius 3 is 2.57 bits per heavy atom. The van der Waals surface area contributed by atoms with Gasteiger partial charge in [-0.2, -0.15) is 5.26 Å². The summed E-state index contributed by atoms with van der Waals surface area (Å²) in [4.78, 5) is 0. The molecule has 2 aromatic rings. The minimum absolute atomic E-state index is 0.121. The fourth-order valence-corrected chi connectivity index (χ4v) is 1.97. The van der Waals surface area contributed by atoms with Gasteiger partial charge in [-0.05, 0) is 42.3 Å². The van der Waals surface area contributed by atoms with Crippen molar-refractivity contribution < 1.29 is 14.2 Å². The molecule has 0 saturated heterocycles. The molecule has 0 aromatic heterocycles. The summed E-state index contributed by atoms with van der Waals surface area (Å²) < 4.78 is 18.8. The molecule has 0 aliphatic carbocycles. The van der Waals surface area contributed by atoms with Gasteiger partial charge in [0.1, 0.15) is 18.2 Å². The molecule has 0 aliphatic rings. The minimum atomic E-state index is -0.479. The first-order chi connectivity index (χ1) is 10.1. The van der Waals surface area contributed by atoms with E-state index in [1.807, 2.05) is 13.0 Å².